The van der Waals surface area contributed by atoms with Crippen molar-refractivity contribution in [1.29, 1.82) is 0 Å². The molecule has 0 aromatic heterocycles. The molecule has 1 saturated heterocycles. The Kier molecular flexibility index (Phi) is 10.3. The summed E-state index contributed by atoms with van der Waals surface area (Å²) in [6.45, 7) is -0.206. The highest BCUT2D eigenvalue weighted by Gasteiger charge is 2.71. The highest BCUT2D eigenvalue weighted by Crippen LogP contribution is 2.59. The first-order valence-corrected chi connectivity index (χ1v) is 14.5. The summed E-state index contributed by atoms with van der Waals surface area (Å²) in [7, 11) is 2.45. The van der Waals surface area contributed by atoms with Crippen molar-refractivity contribution in [2.45, 2.75) is 37.4 Å². The van der Waals surface area contributed by atoms with Gasteiger partial charge in [0.25, 0.3) is 11.6 Å². The Balaban J connectivity index is 0.00000500. The van der Waals surface area contributed by atoms with Gasteiger partial charge in [0.1, 0.15) is 11.4 Å². The lowest BCUT2D eigenvalue weighted by Gasteiger charge is -2.38. The molecule has 0 aliphatic carbocycles. The normalized spacial score (nSPS) is 21.6. The van der Waals surface area contributed by atoms with Gasteiger partial charge in [-0.05, 0) is 30.3 Å². The summed E-state index contributed by atoms with van der Waals surface area (Å²) in [4.78, 5) is 65.0. The van der Waals surface area contributed by atoms with Gasteiger partial charge in [-0.15, -0.1) is 0 Å². The third kappa shape index (κ3) is 5.82. The number of esters is 1. The fourth-order valence-corrected chi connectivity index (χ4v) is 6.99. The highest BCUT2D eigenvalue weighted by molar-refractivity contribution is 6.31. The molecule has 1 spiro atoms. The van der Waals surface area contributed by atoms with Crippen LogP contribution in [0, 0.1) is 26.0 Å². The number of hydrogen-bond donors (Lipinski definition) is 1. The summed E-state index contributed by atoms with van der Waals surface area (Å²) in [6, 6.07) is 8.24. The lowest BCUT2D eigenvalue weighted by molar-refractivity contribution is -0.528. The van der Waals surface area contributed by atoms with Crippen LogP contribution in [0.3, 0.4) is 0 Å². The quantitative estimate of drug-likeness (QED) is 0.121. The first kappa shape index (κ1) is 35.4. The minimum atomic E-state index is -1.96. The van der Waals surface area contributed by atoms with Gasteiger partial charge in [-0.25, -0.2) is 9.18 Å². The van der Waals surface area contributed by atoms with Crippen molar-refractivity contribution in [1.82, 2.24) is 4.90 Å². The summed E-state index contributed by atoms with van der Waals surface area (Å²) in [5.74, 6) is -5.03. The largest absolute Gasteiger partial charge is 0.465 e. The number of ketones is 1. The number of amides is 1. The maximum absolute atomic E-state index is 15.9. The minimum Gasteiger partial charge on any atom is -0.465 e. The summed E-state index contributed by atoms with van der Waals surface area (Å²) >= 11 is 12.3. The number of Topliss-reactive ketones (excluding diaryl/α,β-unsaturated/α-hetero) is 1. The van der Waals surface area contributed by atoms with Crippen LogP contribution in [0.1, 0.15) is 51.6 Å². The summed E-state index contributed by atoms with van der Waals surface area (Å²) in [6.07, 6.45) is -0.704. The molecule has 47 heavy (non-hydrogen) atoms. The molecule has 3 aromatic carbocycles. The van der Waals surface area contributed by atoms with Gasteiger partial charge in [0.2, 0.25) is 6.04 Å². The fourth-order valence-electron chi connectivity index (χ4n) is 6.64. The number of rotatable bonds is 10. The first-order chi connectivity index (χ1) is 21.9. The Bertz CT molecular complexity index is 1790. The SMILES string of the molecule is C.COCCN1[C@@H](CC(=O)c2ccc(C(=O)OC)cc2[N+](=O)[O-])C([N+](=O)[O-])[C@H](c2cccc(Cl)c2F)[C@]12C(=O)Nc1cc(Cl)ccc12. The van der Waals surface area contributed by atoms with E-state index in [2.05, 4.69) is 10.1 Å². The van der Waals surface area contributed by atoms with E-state index in [-0.39, 0.29) is 53.0 Å². The topological polar surface area (TPSA) is 171 Å². The number of fused-ring (bicyclic) bond motifs is 2. The molecule has 4 atom stereocenters. The third-order valence-corrected chi connectivity index (χ3v) is 8.96. The number of nitro groups is 2. The molecule has 5 rings (SSSR count). The van der Waals surface area contributed by atoms with Crippen molar-refractivity contribution < 1.29 is 38.1 Å². The van der Waals surface area contributed by atoms with Crippen molar-refractivity contribution >= 4 is 52.2 Å². The first-order valence-electron chi connectivity index (χ1n) is 13.7. The van der Waals surface area contributed by atoms with Crippen LogP contribution < -0.4 is 5.32 Å². The van der Waals surface area contributed by atoms with Gasteiger partial charge in [-0.2, -0.15) is 0 Å². The van der Waals surface area contributed by atoms with E-state index in [0.717, 1.165) is 25.3 Å². The Morgan fingerprint density at radius 3 is 2.45 bits per heavy atom. The number of likely N-dealkylation sites (tertiary alicyclic amines) is 1. The molecular formula is C31H29Cl2FN4O9. The second kappa shape index (κ2) is 13.7. The van der Waals surface area contributed by atoms with Crippen LogP contribution in [0.4, 0.5) is 15.8 Å². The molecule has 3 aromatic rings. The number of nitro benzene ring substituents is 1. The van der Waals surface area contributed by atoms with Gasteiger partial charge in [0.15, 0.2) is 5.78 Å². The lowest BCUT2D eigenvalue weighted by Crippen LogP contribution is -2.53. The smallest absolute Gasteiger partial charge is 0.338 e. The van der Waals surface area contributed by atoms with Crippen LogP contribution in [-0.4, -0.2) is 71.9 Å². The van der Waals surface area contributed by atoms with Crippen LogP contribution in [0.5, 0.6) is 0 Å². The molecule has 1 amide bonds. The monoisotopic (exact) mass is 690 g/mol. The number of hydrogen-bond acceptors (Lipinski definition) is 10. The van der Waals surface area contributed by atoms with Crippen LogP contribution in [0.15, 0.2) is 54.6 Å². The molecule has 2 aliphatic rings. The van der Waals surface area contributed by atoms with E-state index >= 15 is 4.39 Å². The zero-order chi connectivity index (χ0) is 33.5. The van der Waals surface area contributed by atoms with Gasteiger partial charge in [-0.1, -0.05) is 48.8 Å². The van der Waals surface area contributed by atoms with E-state index in [0.29, 0.717) is 0 Å². The number of methoxy groups -OCH3 is 2. The van der Waals surface area contributed by atoms with Gasteiger partial charge in [0, 0.05) is 52.9 Å². The number of halogens is 3. The standard InChI is InChI=1S/C30H25Cl2FN4O9.CH4/c1-45-11-10-35-23(14-24(38)17-8-6-15(28(39)46-2)12-22(17)36(41)42)27(37(43)44)25(18-4-3-5-20(32)26(18)33)30(35)19-9-7-16(31)13-21(19)34-29(30)40;/h3-9,12-13,23,25,27H,10-11,14H2,1-2H3,(H,34,40);1H4/t23-,25-,27?,30+;/m0./s1. The van der Waals surface area contributed by atoms with E-state index in [1.807, 2.05) is 0 Å². The highest BCUT2D eigenvalue weighted by atomic mass is 35.5. The maximum Gasteiger partial charge on any atom is 0.338 e. The van der Waals surface area contributed by atoms with E-state index < -0.39 is 74.5 Å². The summed E-state index contributed by atoms with van der Waals surface area (Å²) < 4.78 is 25.8. The molecule has 0 radical (unpaired) electrons. The van der Waals surface area contributed by atoms with Crippen LogP contribution in [-0.2, 0) is 19.8 Å². The van der Waals surface area contributed by atoms with Crippen LogP contribution >= 0.6 is 23.2 Å². The number of carbonyl (C=O) groups excluding carboxylic acids is 3. The van der Waals surface area contributed by atoms with E-state index in [9.17, 15) is 34.6 Å². The second-order valence-electron chi connectivity index (χ2n) is 10.7. The maximum atomic E-state index is 15.9. The van der Waals surface area contributed by atoms with Gasteiger partial charge in [-0.3, -0.25) is 34.7 Å². The summed E-state index contributed by atoms with van der Waals surface area (Å²) in [5, 5.41) is 27.6. The number of nitrogens with zero attached hydrogens (tertiary/aromatic N) is 3. The number of benzene rings is 3. The molecule has 0 bridgehead atoms. The molecule has 248 valence electrons. The second-order valence-corrected chi connectivity index (χ2v) is 11.5. The molecule has 2 heterocycles. The Labute approximate surface area is 277 Å². The fraction of sp³-hybridized carbons (Fsp3) is 0.323. The number of nitrogens with one attached hydrogen (secondary N) is 1. The van der Waals surface area contributed by atoms with Crippen molar-refractivity contribution in [3.63, 3.8) is 0 Å². The predicted molar refractivity (Wildman–Crippen MR) is 169 cm³/mol. The molecule has 1 fully saturated rings. The number of anilines is 1. The van der Waals surface area contributed by atoms with Crippen molar-refractivity contribution in [2.24, 2.45) is 0 Å². The third-order valence-electron chi connectivity index (χ3n) is 8.43. The van der Waals surface area contributed by atoms with Gasteiger partial charge in [0.05, 0.1) is 46.7 Å². The molecule has 2 aliphatic heterocycles. The molecule has 1 unspecified atom stereocenters. The van der Waals surface area contributed by atoms with Crippen LogP contribution in [0.2, 0.25) is 10.0 Å². The zero-order valence-corrected chi connectivity index (χ0v) is 25.7. The Hall–Kier alpha value is -4.50. The van der Waals surface area contributed by atoms with Crippen molar-refractivity contribution in [3.05, 3.63) is 113 Å². The van der Waals surface area contributed by atoms with Gasteiger partial charge < -0.3 is 14.8 Å². The van der Waals surface area contributed by atoms with Gasteiger partial charge >= 0.3 is 5.97 Å². The Morgan fingerprint density at radius 1 is 1.09 bits per heavy atom. The molecule has 16 heteroatoms. The molecule has 13 nitrogen and oxygen atoms in total. The Morgan fingerprint density at radius 2 is 1.81 bits per heavy atom. The van der Waals surface area contributed by atoms with Crippen molar-refractivity contribution in [3.8, 4) is 0 Å². The minimum absolute atomic E-state index is 0. The van der Waals surface area contributed by atoms with E-state index in [4.69, 9.17) is 27.9 Å². The van der Waals surface area contributed by atoms with Crippen molar-refractivity contribution in [2.75, 3.05) is 32.7 Å². The van der Waals surface area contributed by atoms with Crippen LogP contribution in [0.25, 0.3) is 0 Å². The number of carbonyl (C=O) groups is 3. The zero-order valence-electron chi connectivity index (χ0n) is 24.2. The summed E-state index contributed by atoms with van der Waals surface area (Å²) in [5.41, 5.74) is -3.07. The lowest BCUT2D eigenvalue weighted by atomic mass is 9.73. The van der Waals surface area contributed by atoms with E-state index in [1.165, 1.54) is 48.4 Å². The molecule has 0 saturated carbocycles. The molecule has 1 N–H and O–H groups in total. The molecular weight excluding hydrogens is 662 g/mol. The average molecular weight is 691 g/mol. The predicted octanol–water partition coefficient (Wildman–Crippen LogP) is 5.64. The van der Waals surface area contributed by atoms with E-state index in [1.54, 1.807) is 0 Å². The number of ether oxygens (including phenoxy) is 2. The average Bonchev–Trinajstić information content (AvgIpc) is 3.46.